The lowest BCUT2D eigenvalue weighted by Gasteiger charge is -2.41. The molecule has 1 aliphatic rings. The fraction of sp³-hybridized carbons (Fsp3) is 0.278. The number of rotatable bonds is 11. The van der Waals surface area contributed by atoms with Gasteiger partial charge in [0.05, 0.1) is 18.8 Å². The number of nitrogens with one attached hydrogen (secondary N) is 2. The normalized spacial score (nSPS) is 19.3. The van der Waals surface area contributed by atoms with Gasteiger partial charge in [0.1, 0.15) is 0 Å². The molecule has 47 heavy (non-hydrogen) atoms. The van der Waals surface area contributed by atoms with E-state index in [2.05, 4.69) is 51.3 Å². The molecule has 1 aromatic heterocycles. The highest BCUT2D eigenvalue weighted by atomic mass is 32.2. The van der Waals surface area contributed by atoms with E-state index in [-0.39, 0.29) is 30.8 Å². The van der Waals surface area contributed by atoms with Crippen molar-refractivity contribution in [2.45, 2.75) is 50.3 Å². The Kier molecular flexibility index (Phi) is 10.6. The van der Waals surface area contributed by atoms with Gasteiger partial charge < -0.3 is 25.2 Å². The van der Waals surface area contributed by atoms with Crippen molar-refractivity contribution in [1.29, 1.82) is 0 Å². The number of carbonyl (C=O) groups is 1. The number of aryl methyl sites for hydroxylation is 1. The summed E-state index contributed by atoms with van der Waals surface area (Å²) in [6.45, 7) is 2.98. The highest BCUT2D eigenvalue weighted by Gasteiger charge is 2.38. The second-order valence-electron chi connectivity index (χ2n) is 11.5. The number of urea groups is 1. The fourth-order valence-electron chi connectivity index (χ4n) is 5.60. The van der Waals surface area contributed by atoms with Gasteiger partial charge in [-0.25, -0.2) is 9.48 Å². The van der Waals surface area contributed by atoms with E-state index < -0.39 is 6.29 Å². The topological polar surface area (TPSA) is 123 Å². The van der Waals surface area contributed by atoms with Gasteiger partial charge in [-0.3, -0.25) is 0 Å². The zero-order chi connectivity index (χ0) is 32.6. The van der Waals surface area contributed by atoms with Gasteiger partial charge in [0.15, 0.2) is 6.29 Å². The van der Waals surface area contributed by atoms with E-state index in [0.29, 0.717) is 18.8 Å². The maximum atomic E-state index is 12.5. The molecule has 1 saturated heterocycles. The van der Waals surface area contributed by atoms with Crippen molar-refractivity contribution in [3.63, 3.8) is 0 Å². The lowest BCUT2D eigenvalue weighted by Crippen LogP contribution is -2.38. The van der Waals surface area contributed by atoms with Crippen molar-refractivity contribution in [3.05, 3.63) is 131 Å². The minimum absolute atomic E-state index is 0.00884. The van der Waals surface area contributed by atoms with Gasteiger partial charge in [0.2, 0.25) is 5.16 Å². The van der Waals surface area contributed by atoms with Crippen molar-refractivity contribution < 1.29 is 19.4 Å². The lowest BCUT2D eigenvalue weighted by atomic mass is 9.91. The van der Waals surface area contributed by atoms with E-state index >= 15 is 0 Å². The third kappa shape index (κ3) is 8.06. The molecule has 0 spiro atoms. The number of aromatic nitrogens is 4. The molecule has 10 nitrogen and oxygen atoms in total. The molecular weight excluding hydrogens is 613 g/mol. The van der Waals surface area contributed by atoms with Crippen molar-refractivity contribution in [3.8, 4) is 11.1 Å². The van der Waals surface area contributed by atoms with Crippen LogP contribution >= 0.6 is 11.8 Å². The highest BCUT2D eigenvalue weighted by molar-refractivity contribution is 7.99. The molecular formula is C36H38N6O4S. The van der Waals surface area contributed by atoms with E-state index in [4.69, 9.17) is 9.47 Å². The van der Waals surface area contributed by atoms with Crippen LogP contribution in [0, 0.1) is 5.92 Å². The highest BCUT2D eigenvalue weighted by Crippen LogP contribution is 2.43. The van der Waals surface area contributed by atoms with Crippen molar-refractivity contribution in [2.24, 2.45) is 13.0 Å². The number of nitrogens with zero attached hydrogens (tertiary/aromatic N) is 4. The van der Waals surface area contributed by atoms with Gasteiger partial charge in [-0.15, -0.1) is 5.10 Å². The van der Waals surface area contributed by atoms with Crippen LogP contribution in [-0.4, -0.2) is 43.2 Å². The summed E-state index contributed by atoms with van der Waals surface area (Å²) in [7, 11) is 1.82. The largest absolute Gasteiger partial charge is 0.392 e. The van der Waals surface area contributed by atoms with Gasteiger partial charge in [-0.2, -0.15) is 0 Å². The van der Waals surface area contributed by atoms with E-state index in [1.54, 1.807) is 16.4 Å². The molecule has 6 rings (SSSR count). The number of thioether (sulfide) groups is 1. The number of aliphatic hydroxyl groups excluding tert-OH is 1. The van der Waals surface area contributed by atoms with Crippen molar-refractivity contribution in [2.75, 3.05) is 5.75 Å². The third-order valence-electron chi connectivity index (χ3n) is 8.33. The Labute approximate surface area is 278 Å². The molecule has 1 fully saturated rings. The van der Waals surface area contributed by atoms with Gasteiger partial charge in [0, 0.05) is 37.4 Å². The van der Waals surface area contributed by atoms with Crippen molar-refractivity contribution >= 4 is 17.8 Å². The summed E-state index contributed by atoms with van der Waals surface area (Å²) in [5.74, 6) is 0.696. The molecule has 0 saturated carbocycles. The van der Waals surface area contributed by atoms with Crippen LogP contribution < -0.4 is 10.6 Å². The third-order valence-corrected chi connectivity index (χ3v) is 9.43. The predicted molar refractivity (Wildman–Crippen MR) is 180 cm³/mol. The molecule has 0 radical (unpaired) electrons. The smallest absolute Gasteiger partial charge is 0.315 e. The minimum atomic E-state index is -0.587. The molecule has 4 atom stereocenters. The summed E-state index contributed by atoms with van der Waals surface area (Å²) in [6.07, 6.45) is -0.946. The van der Waals surface area contributed by atoms with E-state index in [9.17, 15) is 9.90 Å². The molecule has 1 aliphatic heterocycles. The number of aliphatic hydroxyl groups is 1. The van der Waals surface area contributed by atoms with Gasteiger partial charge in [-0.1, -0.05) is 122 Å². The number of carbonyl (C=O) groups excluding carboxylic acids is 1. The molecule has 0 bridgehead atoms. The number of tetrazole rings is 1. The van der Waals surface area contributed by atoms with Crippen LogP contribution in [-0.2, 0) is 36.2 Å². The second kappa shape index (κ2) is 15.4. The molecule has 3 N–H and O–H groups in total. The summed E-state index contributed by atoms with van der Waals surface area (Å²) < 4.78 is 14.9. The quantitative estimate of drug-likeness (QED) is 0.150. The molecule has 2 heterocycles. The number of amides is 2. The van der Waals surface area contributed by atoms with E-state index in [1.807, 2.05) is 92.0 Å². The first-order chi connectivity index (χ1) is 23.0. The number of hydrogen-bond acceptors (Lipinski definition) is 8. The van der Waals surface area contributed by atoms with Crippen LogP contribution in [0.5, 0.6) is 0 Å². The molecule has 11 heteroatoms. The maximum absolute atomic E-state index is 12.5. The average Bonchev–Trinajstić information content (AvgIpc) is 3.54. The SMILES string of the molecule is C[C@@H]1[C@H](CSc2nnnn2C)O[C@H](c2ccc(-c3ccccc3CNC(=O)NCc3ccccc3)cc2)O[C@@H]1c1ccc(CO)cc1. The molecule has 4 aromatic carbocycles. The zero-order valence-corrected chi connectivity index (χ0v) is 27.1. The Morgan fingerprint density at radius 3 is 2.28 bits per heavy atom. The number of benzene rings is 4. The van der Waals surface area contributed by atoms with Crippen LogP contribution in [0.15, 0.2) is 108 Å². The Morgan fingerprint density at radius 1 is 0.851 bits per heavy atom. The Morgan fingerprint density at radius 2 is 1.55 bits per heavy atom. The summed E-state index contributed by atoms with van der Waals surface area (Å²) in [5, 5.41) is 28.0. The standard InChI is InChI=1S/C36H38N6O4S/c1-24-32(23-47-36-39-40-41-42(36)2)45-34(46-33(24)28-14-12-26(22-43)13-15-28)29-18-16-27(17-19-29)31-11-7-6-10-30(31)21-38-35(44)37-20-25-8-4-3-5-9-25/h3-19,24,32-34,43H,20-23H2,1-2H3,(H2,37,38,44)/t24-,32+,33+,34+/m1/s1. The van der Waals surface area contributed by atoms with Crippen LogP contribution in [0.3, 0.4) is 0 Å². The Bertz CT molecular complexity index is 1750. The van der Waals surface area contributed by atoms with Crippen LogP contribution in [0.25, 0.3) is 11.1 Å². The molecule has 5 aromatic rings. The van der Waals surface area contributed by atoms with Gasteiger partial charge >= 0.3 is 6.03 Å². The molecule has 2 amide bonds. The number of ether oxygens (including phenoxy) is 2. The first kappa shape index (κ1) is 32.4. The average molecular weight is 651 g/mol. The number of hydrogen-bond donors (Lipinski definition) is 3. The molecule has 0 aliphatic carbocycles. The fourth-order valence-corrected chi connectivity index (χ4v) is 6.62. The lowest BCUT2D eigenvalue weighted by molar-refractivity contribution is -0.268. The van der Waals surface area contributed by atoms with E-state index in [1.165, 1.54) is 0 Å². The summed E-state index contributed by atoms with van der Waals surface area (Å²) in [5.41, 5.74) is 6.91. The van der Waals surface area contributed by atoms with Crippen molar-refractivity contribution in [1.82, 2.24) is 30.8 Å². The van der Waals surface area contributed by atoms with Gasteiger partial charge in [0.25, 0.3) is 0 Å². The van der Waals surface area contributed by atoms with Crippen LogP contribution in [0.1, 0.15) is 47.1 Å². The second-order valence-corrected chi connectivity index (χ2v) is 12.5. The summed E-state index contributed by atoms with van der Waals surface area (Å²) in [4.78, 5) is 12.5. The van der Waals surface area contributed by atoms with Crippen LogP contribution in [0.4, 0.5) is 4.79 Å². The Hall–Kier alpha value is -4.55. The Balaban J connectivity index is 1.16. The first-order valence-corrected chi connectivity index (χ1v) is 16.6. The molecule has 242 valence electrons. The minimum Gasteiger partial charge on any atom is -0.392 e. The maximum Gasteiger partial charge on any atom is 0.315 e. The van der Waals surface area contributed by atoms with Gasteiger partial charge in [-0.05, 0) is 43.8 Å². The summed E-state index contributed by atoms with van der Waals surface area (Å²) >= 11 is 1.55. The predicted octanol–water partition coefficient (Wildman–Crippen LogP) is 5.95. The van der Waals surface area contributed by atoms with Crippen LogP contribution in [0.2, 0.25) is 0 Å². The monoisotopic (exact) mass is 650 g/mol. The zero-order valence-electron chi connectivity index (χ0n) is 26.3. The summed E-state index contributed by atoms with van der Waals surface area (Å²) in [6, 6.07) is 33.8. The first-order valence-electron chi connectivity index (χ1n) is 15.6. The van der Waals surface area contributed by atoms with E-state index in [0.717, 1.165) is 44.1 Å². The molecule has 0 unspecified atom stereocenters.